The molecule has 28 heavy (non-hydrogen) atoms. The molecular formula is C18H16ClN3O4S2. The number of anilines is 1. The fraction of sp³-hybridized carbons (Fsp3) is 0.111. The number of sulfone groups is 1. The van der Waals surface area contributed by atoms with E-state index in [1.165, 1.54) is 37.3 Å². The highest BCUT2D eigenvalue weighted by molar-refractivity contribution is 7.92. The van der Waals surface area contributed by atoms with Crippen molar-refractivity contribution in [3.05, 3.63) is 65.7 Å². The summed E-state index contributed by atoms with van der Waals surface area (Å²) in [6.45, 7) is 1.54. The lowest BCUT2D eigenvalue weighted by atomic mass is 10.1. The molecule has 0 atom stereocenters. The summed E-state index contributed by atoms with van der Waals surface area (Å²) in [6.07, 6.45) is 0. The van der Waals surface area contributed by atoms with Gasteiger partial charge in [-0.1, -0.05) is 30.7 Å². The van der Waals surface area contributed by atoms with E-state index in [1.54, 1.807) is 30.3 Å². The Morgan fingerprint density at radius 2 is 1.50 bits per heavy atom. The van der Waals surface area contributed by atoms with E-state index in [1.807, 2.05) is 0 Å². The molecule has 0 unspecified atom stereocenters. The summed E-state index contributed by atoms with van der Waals surface area (Å²) in [7, 11) is -7.15. The van der Waals surface area contributed by atoms with Crippen LogP contribution in [0.3, 0.4) is 0 Å². The van der Waals surface area contributed by atoms with Crippen LogP contribution in [0.5, 0.6) is 0 Å². The Morgan fingerprint density at radius 3 is 2.04 bits per heavy atom. The zero-order chi connectivity index (χ0) is 20.4. The Labute approximate surface area is 168 Å². The molecule has 1 heterocycles. The van der Waals surface area contributed by atoms with E-state index in [-0.39, 0.29) is 15.7 Å². The standard InChI is InChI=1S/C18H16ClN3O4S2/c1-2-27(23,24)18-12-11-17(20-21-18)13-3-7-15(8-4-13)22-28(25,26)16-9-5-14(19)6-10-16/h3-12,22H,2H2,1H3. The molecule has 0 saturated carbocycles. The first-order chi connectivity index (χ1) is 13.2. The zero-order valence-electron chi connectivity index (χ0n) is 14.7. The van der Waals surface area contributed by atoms with Crippen molar-refractivity contribution >= 4 is 37.1 Å². The van der Waals surface area contributed by atoms with Crippen molar-refractivity contribution in [2.24, 2.45) is 0 Å². The van der Waals surface area contributed by atoms with E-state index in [0.29, 0.717) is 22.0 Å². The highest BCUT2D eigenvalue weighted by Crippen LogP contribution is 2.22. The Balaban J connectivity index is 1.79. The fourth-order valence-corrected chi connectivity index (χ4v) is 4.25. The highest BCUT2D eigenvalue weighted by Gasteiger charge is 2.15. The van der Waals surface area contributed by atoms with Crippen molar-refractivity contribution in [1.29, 1.82) is 0 Å². The van der Waals surface area contributed by atoms with Crippen molar-refractivity contribution in [3.63, 3.8) is 0 Å². The third kappa shape index (κ3) is 4.49. The molecule has 7 nitrogen and oxygen atoms in total. The first-order valence-corrected chi connectivity index (χ1v) is 11.7. The topological polar surface area (TPSA) is 106 Å². The highest BCUT2D eigenvalue weighted by atomic mass is 35.5. The van der Waals surface area contributed by atoms with E-state index in [0.717, 1.165) is 0 Å². The smallest absolute Gasteiger partial charge is 0.261 e. The molecule has 0 amide bonds. The number of halogens is 1. The number of nitrogens with zero attached hydrogens (tertiary/aromatic N) is 2. The largest absolute Gasteiger partial charge is 0.280 e. The van der Waals surface area contributed by atoms with Crippen LogP contribution in [0.1, 0.15) is 6.92 Å². The normalized spacial score (nSPS) is 11.9. The molecule has 0 saturated heterocycles. The number of benzene rings is 2. The summed E-state index contributed by atoms with van der Waals surface area (Å²) in [6, 6.07) is 15.3. The van der Waals surface area contributed by atoms with Gasteiger partial charge in [-0.05, 0) is 48.5 Å². The molecule has 0 radical (unpaired) electrons. The summed E-state index contributed by atoms with van der Waals surface area (Å²) in [5.41, 5.74) is 1.52. The fourth-order valence-electron chi connectivity index (χ4n) is 2.32. The monoisotopic (exact) mass is 437 g/mol. The van der Waals surface area contributed by atoms with Crippen LogP contribution in [0, 0.1) is 0 Å². The molecule has 1 N–H and O–H groups in total. The van der Waals surface area contributed by atoms with Crippen LogP contribution in [0.2, 0.25) is 5.02 Å². The molecule has 1 aromatic heterocycles. The minimum absolute atomic E-state index is 0.0521. The number of hydrogen-bond donors (Lipinski definition) is 1. The molecule has 0 aliphatic carbocycles. The van der Waals surface area contributed by atoms with Gasteiger partial charge >= 0.3 is 0 Å². The number of sulfonamides is 1. The molecule has 0 bridgehead atoms. The number of nitrogens with one attached hydrogen (secondary N) is 1. The van der Waals surface area contributed by atoms with Crippen LogP contribution in [0.4, 0.5) is 5.69 Å². The zero-order valence-corrected chi connectivity index (χ0v) is 17.1. The van der Waals surface area contributed by atoms with Crippen LogP contribution in [0.15, 0.2) is 70.6 Å². The van der Waals surface area contributed by atoms with Gasteiger partial charge in [0.15, 0.2) is 14.9 Å². The van der Waals surface area contributed by atoms with Crippen molar-refractivity contribution in [1.82, 2.24) is 10.2 Å². The maximum Gasteiger partial charge on any atom is 0.261 e. The molecular weight excluding hydrogens is 422 g/mol. The second-order valence-electron chi connectivity index (χ2n) is 5.80. The van der Waals surface area contributed by atoms with Gasteiger partial charge in [-0.2, -0.15) is 0 Å². The van der Waals surface area contributed by atoms with E-state index >= 15 is 0 Å². The van der Waals surface area contributed by atoms with Crippen molar-refractivity contribution < 1.29 is 16.8 Å². The van der Waals surface area contributed by atoms with Gasteiger partial charge in [0, 0.05) is 16.3 Å². The lowest BCUT2D eigenvalue weighted by Gasteiger charge is -2.09. The second kappa shape index (κ2) is 7.86. The maximum absolute atomic E-state index is 12.4. The minimum atomic E-state index is -3.74. The number of hydrogen-bond acceptors (Lipinski definition) is 6. The SMILES string of the molecule is CCS(=O)(=O)c1ccc(-c2ccc(NS(=O)(=O)c3ccc(Cl)cc3)cc2)nn1. The Hall–Kier alpha value is -2.49. The lowest BCUT2D eigenvalue weighted by molar-refractivity contribution is 0.591. The molecule has 2 aromatic carbocycles. The average Bonchev–Trinajstić information content (AvgIpc) is 2.69. The molecule has 0 aliphatic heterocycles. The van der Waals surface area contributed by atoms with Gasteiger partial charge < -0.3 is 0 Å². The summed E-state index contributed by atoms with van der Waals surface area (Å²) in [5, 5.41) is 8.08. The van der Waals surface area contributed by atoms with Crippen molar-refractivity contribution in [2.45, 2.75) is 16.8 Å². The van der Waals surface area contributed by atoms with Gasteiger partial charge in [-0.3, -0.25) is 4.72 Å². The van der Waals surface area contributed by atoms with Crippen molar-refractivity contribution in [3.8, 4) is 11.3 Å². The lowest BCUT2D eigenvalue weighted by Crippen LogP contribution is -2.12. The first-order valence-electron chi connectivity index (χ1n) is 8.16. The van der Waals surface area contributed by atoms with Crippen LogP contribution in [-0.2, 0) is 19.9 Å². The number of rotatable bonds is 6. The Kier molecular flexibility index (Phi) is 5.69. The number of aromatic nitrogens is 2. The van der Waals surface area contributed by atoms with Crippen molar-refractivity contribution in [2.75, 3.05) is 10.5 Å². The first kappa shape index (κ1) is 20.2. The van der Waals surface area contributed by atoms with Crippen LogP contribution in [0.25, 0.3) is 11.3 Å². The summed E-state index contributed by atoms with van der Waals surface area (Å²) in [4.78, 5) is 0.0968. The summed E-state index contributed by atoms with van der Waals surface area (Å²) >= 11 is 5.78. The van der Waals surface area contributed by atoms with E-state index in [2.05, 4.69) is 14.9 Å². The van der Waals surface area contributed by atoms with Gasteiger partial charge in [0.2, 0.25) is 0 Å². The van der Waals surface area contributed by atoms with Gasteiger partial charge in [0.1, 0.15) is 0 Å². The van der Waals surface area contributed by atoms with Gasteiger partial charge in [-0.15, -0.1) is 10.2 Å². The van der Waals surface area contributed by atoms with Gasteiger partial charge in [0.25, 0.3) is 10.0 Å². The molecule has 0 aliphatic rings. The maximum atomic E-state index is 12.4. The van der Waals surface area contributed by atoms with Gasteiger partial charge in [0.05, 0.1) is 16.3 Å². The van der Waals surface area contributed by atoms with Gasteiger partial charge in [-0.25, -0.2) is 16.8 Å². The molecule has 3 rings (SSSR count). The quantitative estimate of drug-likeness (QED) is 0.633. The van der Waals surface area contributed by atoms with Crippen LogP contribution < -0.4 is 4.72 Å². The molecule has 146 valence electrons. The molecule has 0 spiro atoms. The predicted octanol–water partition coefficient (Wildman–Crippen LogP) is 3.39. The summed E-state index contributed by atoms with van der Waals surface area (Å²) < 4.78 is 50.8. The average molecular weight is 438 g/mol. The third-order valence-corrected chi connectivity index (χ3v) is 7.16. The summed E-state index contributed by atoms with van der Waals surface area (Å²) in [5.74, 6) is -0.0521. The molecule has 0 fully saturated rings. The minimum Gasteiger partial charge on any atom is -0.280 e. The molecule has 3 aromatic rings. The Morgan fingerprint density at radius 1 is 0.857 bits per heavy atom. The van der Waals surface area contributed by atoms with E-state index in [9.17, 15) is 16.8 Å². The van der Waals surface area contributed by atoms with Crippen LogP contribution >= 0.6 is 11.6 Å². The van der Waals surface area contributed by atoms with E-state index in [4.69, 9.17) is 11.6 Å². The second-order valence-corrected chi connectivity index (χ2v) is 10.1. The van der Waals surface area contributed by atoms with Crippen LogP contribution in [-0.4, -0.2) is 32.8 Å². The predicted molar refractivity (Wildman–Crippen MR) is 107 cm³/mol. The molecule has 10 heteroatoms. The third-order valence-electron chi connectivity index (χ3n) is 3.90. The Bertz CT molecular complexity index is 1180. The van der Waals surface area contributed by atoms with E-state index < -0.39 is 19.9 Å².